The number of amides is 1. The molecule has 3 N–H and O–H groups in total. The molecule has 1 aromatic carbocycles. The van der Waals surface area contributed by atoms with Crippen molar-refractivity contribution in [3.05, 3.63) is 30.1 Å². The maximum atomic E-state index is 12.9. The van der Waals surface area contributed by atoms with Gasteiger partial charge in [0, 0.05) is 12.5 Å². The fourth-order valence-corrected chi connectivity index (χ4v) is 1.42. The average molecular weight is 254 g/mol. The molecule has 5 heteroatoms. The summed E-state index contributed by atoms with van der Waals surface area (Å²) in [7, 11) is 0. The molecule has 0 saturated heterocycles. The molecule has 18 heavy (non-hydrogen) atoms. The van der Waals surface area contributed by atoms with Gasteiger partial charge >= 0.3 is 0 Å². The number of rotatable bonds is 7. The van der Waals surface area contributed by atoms with E-state index in [4.69, 9.17) is 10.5 Å². The number of nitrogens with one attached hydrogen (secondary N) is 1. The molecule has 1 atom stereocenters. The second-order valence-corrected chi connectivity index (χ2v) is 4.08. The van der Waals surface area contributed by atoms with Gasteiger partial charge in [0.05, 0.1) is 6.54 Å². The van der Waals surface area contributed by atoms with E-state index in [0.717, 1.165) is 0 Å². The molecule has 0 spiro atoms. The van der Waals surface area contributed by atoms with Crippen LogP contribution in [0.4, 0.5) is 4.39 Å². The molecule has 0 bridgehead atoms. The smallest absolute Gasteiger partial charge is 0.220 e. The summed E-state index contributed by atoms with van der Waals surface area (Å²) in [4.78, 5) is 11.3. The van der Waals surface area contributed by atoms with E-state index in [1.165, 1.54) is 12.1 Å². The van der Waals surface area contributed by atoms with E-state index >= 15 is 0 Å². The first kappa shape index (κ1) is 14.4. The topological polar surface area (TPSA) is 64.4 Å². The molecule has 0 fully saturated rings. The molecule has 100 valence electrons. The van der Waals surface area contributed by atoms with Crippen molar-refractivity contribution in [2.75, 3.05) is 13.1 Å². The second kappa shape index (κ2) is 7.66. The molecule has 0 radical (unpaired) electrons. The average Bonchev–Trinajstić information content (AvgIpc) is 2.34. The van der Waals surface area contributed by atoms with Crippen LogP contribution < -0.4 is 15.8 Å². The normalized spacial score (nSPS) is 11.9. The Morgan fingerprint density at radius 3 is 3.00 bits per heavy atom. The van der Waals surface area contributed by atoms with Crippen LogP contribution in [-0.2, 0) is 4.79 Å². The van der Waals surface area contributed by atoms with E-state index in [1.807, 2.05) is 6.92 Å². The number of nitrogens with two attached hydrogens (primary N) is 1. The largest absolute Gasteiger partial charge is 0.489 e. The van der Waals surface area contributed by atoms with Crippen LogP contribution in [0.5, 0.6) is 5.75 Å². The number of ether oxygens (including phenoxy) is 1. The predicted molar refractivity (Wildman–Crippen MR) is 67.8 cm³/mol. The first-order chi connectivity index (χ1) is 8.61. The Labute approximate surface area is 106 Å². The lowest BCUT2D eigenvalue weighted by Crippen LogP contribution is -2.33. The first-order valence-electron chi connectivity index (χ1n) is 6.01. The zero-order valence-corrected chi connectivity index (χ0v) is 10.5. The minimum atomic E-state index is -0.341. The maximum absolute atomic E-state index is 12.9. The molecular weight excluding hydrogens is 235 g/mol. The molecule has 1 aromatic rings. The second-order valence-electron chi connectivity index (χ2n) is 4.08. The fraction of sp³-hybridized carbons (Fsp3) is 0.462. The molecule has 1 unspecified atom stereocenters. The minimum Gasteiger partial charge on any atom is -0.489 e. The van der Waals surface area contributed by atoms with Crippen molar-refractivity contribution in [1.29, 1.82) is 0 Å². The maximum Gasteiger partial charge on any atom is 0.220 e. The van der Waals surface area contributed by atoms with E-state index in [1.54, 1.807) is 12.1 Å². The Balaban J connectivity index is 2.29. The van der Waals surface area contributed by atoms with Crippen molar-refractivity contribution < 1.29 is 13.9 Å². The molecule has 0 aliphatic heterocycles. The summed E-state index contributed by atoms with van der Waals surface area (Å²) in [5.41, 5.74) is 5.31. The van der Waals surface area contributed by atoms with Gasteiger partial charge in [0.2, 0.25) is 5.91 Å². The Morgan fingerprint density at radius 1 is 1.56 bits per heavy atom. The third-order valence-corrected chi connectivity index (χ3v) is 2.33. The first-order valence-corrected chi connectivity index (χ1v) is 6.01. The van der Waals surface area contributed by atoms with Gasteiger partial charge in [-0.15, -0.1) is 0 Å². The number of benzene rings is 1. The molecule has 0 aromatic heterocycles. The Kier molecular flexibility index (Phi) is 6.14. The van der Waals surface area contributed by atoms with E-state index in [-0.39, 0.29) is 17.8 Å². The van der Waals surface area contributed by atoms with Crippen LogP contribution in [0.25, 0.3) is 0 Å². The molecule has 0 saturated carbocycles. The van der Waals surface area contributed by atoms with Gasteiger partial charge < -0.3 is 15.8 Å². The summed E-state index contributed by atoms with van der Waals surface area (Å²) < 4.78 is 18.4. The van der Waals surface area contributed by atoms with Crippen LogP contribution in [0.2, 0.25) is 0 Å². The lowest BCUT2D eigenvalue weighted by atomic mass is 10.3. The van der Waals surface area contributed by atoms with Crippen molar-refractivity contribution in [1.82, 2.24) is 5.32 Å². The SMILES string of the molecule is CC(CNC(=O)CCCN)Oc1cccc(F)c1. The summed E-state index contributed by atoms with van der Waals surface area (Å²) >= 11 is 0. The van der Waals surface area contributed by atoms with Crippen molar-refractivity contribution in [3.63, 3.8) is 0 Å². The van der Waals surface area contributed by atoms with Gasteiger partial charge in [0.15, 0.2) is 0 Å². The van der Waals surface area contributed by atoms with Crippen LogP contribution in [0.1, 0.15) is 19.8 Å². The van der Waals surface area contributed by atoms with Crippen molar-refractivity contribution in [3.8, 4) is 5.75 Å². The molecular formula is C13H19FN2O2. The number of carbonyl (C=O) groups excluding carboxylic acids is 1. The van der Waals surface area contributed by atoms with Gasteiger partial charge in [0.1, 0.15) is 17.7 Å². The highest BCUT2D eigenvalue weighted by atomic mass is 19.1. The number of hydrogen-bond acceptors (Lipinski definition) is 3. The highest BCUT2D eigenvalue weighted by molar-refractivity contribution is 5.75. The summed E-state index contributed by atoms with van der Waals surface area (Å²) in [6, 6.07) is 5.92. The molecule has 1 amide bonds. The lowest BCUT2D eigenvalue weighted by Gasteiger charge is -2.15. The van der Waals surface area contributed by atoms with Gasteiger partial charge in [-0.3, -0.25) is 4.79 Å². The fourth-order valence-electron chi connectivity index (χ4n) is 1.42. The highest BCUT2D eigenvalue weighted by Gasteiger charge is 2.07. The van der Waals surface area contributed by atoms with Crippen LogP contribution in [0.3, 0.4) is 0 Å². The number of hydrogen-bond donors (Lipinski definition) is 2. The molecule has 0 aliphatic carbocycles. The third kappa shape index (κ3) is 5.63. The number of carbonyl (C=O) groups is 1. The number of halogens is 1. The molecule has 0 aliphatic rings. The standard InChI is InChI=1S/C13H19FN2O2/c1-10(9-16-13(17)6-3-7-15)18-12-5-2-4-11(14)8-12/h2,4-5,8,10H,3,6-7,9,15H2,1H3,(H,16,17). The van der Waals surface area contributed by atoms with Gasteiger partial charge in [-0.2, -0.15) is 0 Å². The Hall–Kier alpha value is -1.62. The van der Waals surface area contributed by atoms with Gasteiger partial charge in [-0.1, -0.05) is 6.07 Å². The monoisotopic (exact) mass is 254 g/mol. The highest BCUT2D eigenvalue weighted by Crippen LogP contribution is 2.13. The zero-order chi connectivity index (χ0) is 13.4. The predicted octanol–water partition coefficient (Wildman–Crippen LogP) is 1.45. The third-order valence-electron chi connectivity index (χ3n) is 2.33. The lowest BCUT2D eigenvalue weighted by molar-refractivity contribution is -0.121. The molecule has 1 rings (SSSR count). The van der Waals surface area contributed by atoms with Gasteiger partial charge in [-0.05, 0) is 32.0 Å². The van der Waals surface area contributed by atoms with Crippen LogP contribution in [0, 0.1) is 5.82 Å². The van der Waals surface area contributed by atoms with Crippen LogP contribution in [0.15, 0.2) is 24.3 Å². The zero-order valence-electron chi connectivity index (χ0n) is 10.5. The Morgan fingerprint density at radius 2 is 2.33 bits per heavy atom. The van der Waals surface area contributed by atoms with Gasteiger partial charge in [0.25, 0.3) is 0 Å². The van der Waals surface area contributed by atoms with Crippen LogP contribution in [-0.4, -0.2) is 25.1 Å². The summed E-state index contributed by atoms with van der Waals surface area (Å²) in [5.74, 6) is 0.0699. The van der Waals surface area contributed by atoms with Crippen molar-refractivity contribution >= 4 is 5.91 Å². The Bertz CT molecular complexity index is 385. The van der Waals surface area contributed by atoms with E-state index in [0.29, 0.717) is 31.7 Å². The summed E-state index contributed by atoms with van der Waals surface area (Å²) in [6.45, 7) is 2.71. The van der Waals surface area contributed by atoms with E-state index < -0.39 is 0 Å². The quantitative estimate of drug-likeness (QED) is 0.774. The van der Waals surface area contributed by atoms with E-state index in [2.05, 4.69) is 5.32 Å². The molecule has 0 heterocycles. The van der Waals surface area contributed by atoms with Crippen molar-refractivity contribution in [2.24, 2.45) is 5.73 Å². The molecule has 4 nitrogen and oxygen atoms in total. The summed E-state index contributed by atoms with van der Waals surface area (Å²) in [5, 5.41) is 2.74. The van der Waals surface area contributed by atoms with Crippen molar-refractivity contribution in [2.45, 2.75) is 25.9 Å². The van der Waals surface area contributed by atoms with E-state index in [9.17, 15) is 9.18 Å². The van der Waals surface area contributed by atoms with Crippen LogP contribution >= 0.6 is 0 Å². The van der Waals surface area contributed by atoms with Gasteiger partial charge in [-0.25, -0.2) is 4.39 Å². The summed E-state index contributed by atoms with van der Waals surface area (Å²) in [6.07, 6.45) is 0.877. The minimum absolute atomic E-state index is 0.0462.